The third-order valence-electron chi connectivity index (χ3n) is 2.30. The van der Waals surface area contributed by atoms with Crippen LogP contribution in [-0.2, 0) is 6.61 Å². The van der Waals surface area contributed by atoms with E-state index in [1.165, 1.54) is 0 Å². The van der Waals surface area contributed by atoms with Gasteiger partial charge in [-0.3, -0.25) is 4.98 Å². The lowest BCUT2D eigenvalue weighted by atomic mass is 10.1. The van der Waals surface area contributed by atoms with Crippen molar-refractivity contribution in [3.63, 3.8) is 0 Å². The molecule has 0 fully saturated rings. The van der Waals surface area contributed by atoms with Gasteiger partial charge in [0.25, 0.3) is 0 Å². The molecule has 1 aromatic heterocycles. The van der Waals surface area contributed by atoms with Crippen molar-refractivity contribution in [1.82, 2.24) is 4.98 Å². The fourth-order valence-electron chi connectivity index (χ4n) is 1.72. The summed E-state index contributed by atoms with van der Waals surface area (Å²) in [6.45, 7) is 5.89. The third-order valence-corrected chi connectivity index (χ3v) is 2.30. The van der Waals surface area contributed by atoms with Gasteiger partial charge in [0.2, 0.25) is 0 Å². The molecule has 4 heteroatoms. The normalized spacial score (nSPS) is 11.6. The number of aryl methyl sites for hydroxylation is 1. The Morgan fingerprint density at radius 2 is 2.06 bits per heavy atom. The first-order chi connectivity index (χ1) is 7.33. The van der Waals surface area contributed by atoms with E-state index in [4.69, 9.17) is 0 Å². The van der Waals surface area contributed by atoms with Crippen molar-refractivity contribution in [2.24, 2.45) is 0 Å². The van der Waals surface area contributed by atoms with E-state index in [2.05, 4.69) is 4.98 Å². The average molecular weight is 224 g/mol. The van der Waals surface area contributed by atoms with E-state index in [0.717, 1.165) is 16.9 Å². The van der Waals surface area contributed by atoms with Crippen molar-refractivity contribution in [2.75, 3.05) is 18.5 Å². The van der Waals surface area contributed by atoms with Crippen molar-refractivity contribution in [2.45, 2.75) is 33.0 Å². The predicted molar refractivity (Wildman–Crippen MR) is 64.5 cm³/mol. The Hall–Kier alpha value is -1.13. The zero-order chi connectivity index (χ0) is 12.3. The van der Waals surface area contributed by atoms with E-state index in [1.807, 2.05) is 24.9 Å². The molecule has 90 valence electrons. The minimum atomic E-state index is -0.765. The van der Waals surface area contributed by atoms with Crippen molar-refractivity contribution in [3.05, 3.63) is 23.5 Å². The molecule has 0 aliphatic carbocycles. The maximum Gasteiger partial charge on any atom is 0.0765 e. The SMILES string of the molecule is Cc1cc(N(C)CC(C)(C)O)c(CO)cn1. The van der Waals surface area contributed by atoms with Crippen molar-refractivity contribution >= 4 is 5.69 Å². The largest absolute Gasteiger partial charge is 0.392 e. The highest BCUT2D eigenvalue weighted by atomic mass is 16.3. The molecule has 0 amide bonds. The highest BCUT2D eigenvalue weighted by molar-refractivity contribution is 5.53. The van der Waals surface area contributed by atoms with Gasteiger partial charge in [-0.05, 0) is 26.8 Å². The monoisotopic (exact) mass is 224 g/mol. The first kappa shape index (κ1) is 12.9. The summed E-state index contributed by atoms with van der Waals surface area (Å²) in [7, 11) is 1.89. The van der Waals surface area contributed by atoms with Crippen molar-refractivity contribution in [3.8, 4) is 0 Å². The van der Waals surface area contributed by atoms with Gasteiger partial charge < -0.3 is 15.1 Å². The lowest BCUT2D eigenvalue weighted by molar-refractivity contribution is 0.0885. The van der Waals surface area contributed by atoms with Crippen LogP contribution in [0.2, 0.25) is 0 Å². The van der Waals surface area contributed by atoms with Gasteiger partial charge >= 0.3 is 0 Å². The summed E-state index contributed by atoms with van der Waals surface area (Å²) in [4.78, 5) is 6.07. The van der Waals surface area contributed by atoms with Gasteiger partial charge in [-0.25, -0.2) is 0 Å². The van der Waals surface area contributed by atoms with E-state index >= 15 is 0 Å². The lowest BCUT2D eigenvalue weighted by Gasteiger charge is -2.28. The summed E-state index contributed by atoms with van der Waals surface area (Å²) in [6.07, 6.45) is 1.67. The van der Waals surface area contributed by atoms with Gasteiger partial charge in [-0.2, -0.15) is 0 Å². The summed E-state index contributed by atoms with van der Waals surface area (Å²) in [5.41, 5.74) is 1.82. The number of hydrogen-bond acceptors (Lipinski definition) is 4. The molecule has 1 heterocycles. The Kier molecular flexibility index (Phi) is 3.88. The van der Waals surface area contributed by atoms with Crippen molar-refractivity contribution in [1.29, 1.82) is 0 Å². The zero-order valence-corrected chi connectivity index (χ0v) is 10.4. The first-order valence-electron chi connectivity index (χ1n) is 5.33. The Morgan fingerprint density at radius 1 is 1.44 bits per heavy atom. The predicted octanol–water partition coefficient (Wildman–Crippen LogP) is 1.09. The second-order valence-electron chi connectivity index (χ2n) is 4.78. The molecule has 0 saturated carbocycles. The molecule has 0 atom stereocenters. The fourth-order valence-corrected chi connectivity index (χ4v) is 1.72. The number of aliphatic hydroxyl groups excluding tert-OH is 1. The summed E-state index contributed by atoms with van der Waals surface area (Å²) in [6, 6.07) is 1.91. The Morgan fingerprint density at radius 3 is 2.56 bits per heavy atom. The van der Waals surface area contributed by atoms with Crippen LogP contribution >= 0.6 is 0 Å². The summed E-state index contributed by atoms with van der Waals surface area (Å²) >= 11 is 0. The molecule has 0 radical (unpaired) electrons. The van der Waals surface area contributed by atoms with Gasteiger partial charge in [0.05, 0.1) is 12.2 Å². The van der Waals surface area contributed by atoms with E-state index in [-0.39, 0.29) is 6.61 Å². The Balaban J connectivity index is 2.97. The molecule has 1 rings (SSSR count). The molecule has 0 spiro atoms. The fraction of sp³-hybridized carbons (Fsp3) is 0.583. The lowest BCUT2D eigenvalue weighted by Crippen LogP contribution is -2.36. The highest BCUT2D eigenvalue weighted by Crippen LogP contribution is 2.21. The second-order valence-corrected chi connectivity index (χ2v) is 4.78. The molecule has 0 saturated heterocycles. The van der Waals surface area contributed by atoms with Crippen LogP contribution in [0.4, 0.5) is 5.69 Å². The molecule has 16 heavy (non-hydrogen) atoms. The van der Waals surface area contributed by atoms with E-state index in [1.54, 1.807) is 20.0 Å². The number of aromatic nitrogens is 1. The molecule has 0 aliphatic rings. The van der Waals surface area contributed by atoms with Crippen molar-refractivity contribution < 1.29 is 10.2 Å². The van der Waals surface area contributed by atoms with E-state index in [9.17, 15) is 10.2 Å². The second kappa shape index (κ2) is 4.80. The topological polar surface area (TPSA) is 56.6 Å². The number of likely N-dealkylation sites (N-methyl/N-ethyl adjacent to an activating group) is 1. The summed E-state index contributed by atoms with van der Waals surface area (Å²) < 4.78 is 0. The van der Waals surface area contributed by atoms with Crippen LogP contribution in [0.3, 0.4) is 0 Å². The average Bonchev–Trinajstić information content (AvgIpc) is 2.15. The van der Waals surface area contributed by atoms with Crippen LogP contribution in [0.25, 0.3) is 0 Å². The number of nitrogens with zero attached hydrogens (tertiary/aromatic N) is 2. The number of anilines is 1. The molecule has 0 unspecified atom stereocenters. The van der Waals surface area contributed by atoms with E-state index < -0.39 is 5.60 Å². The van der Waals surface area contributed by atoms with Gasteiger partial charge in [0.1, 0.15) is 0 Å². The molecule has 4 nitrogen and oxygen atoms in total. The molecule has 2 N–H and O–H groups in total. The maximum atomic E-state index is 9.76. The quantitative estimate of drug-likeness (QED) is 0.804. The van der Waals surface area contributed by atoms with Gasteiger partial charge in [0.15, 0.2) is 0 Å². The number of hydrogen-bond donors (Lipinski definition) is 2. The van der Waals surface area contributed by atoms with Gasteiger partial charge in [-0.15, -0.1) is 0 Å². The van der Waals surface area contributed by atoms with Gasteiger partial charge in [-0.1, -0.05) is 0 Å². The maximum absolute atomic E-state index is 9.76. The smallest absolute Gasteiger partial charge is 0.0765 e. The molecule has 0 aromatic carbocycles. The summed E-state index contributed by atoms with van der Waals surface area (Å²) in [5, 5.41) is 19.0. The molecule has 0 aliphatic heterocycles. The van der Waals surface area contributed by atoms with Crippen LogP contribution in [0.15, 0.2) is 12.3 Å². The number of pyridine rings is 1. The number of rotatable bonds is 4. The standard InChI is InChI=1S/C12H20N2O2/c1-9-5-11(10(7-15)6-13-9)14(4)8-12(2,3)16/h5-6,15-16H,7-8H2,1-4H3. The van der Waals surface area contributed by atoms with Crippen LogP contribution in [-0.4, -0.2) is 34.4 Å². The minimum absolute atomic E-state index is 0.0428. The molecule has 0 bridgehead atoms. The Labute approximate surface area is 96.6 Å². The third kappa shape index (κ3) is 3.47. The van der Waals surface area contributed by atoms with Crippen LogP contribution < -0.4 is 4.90 Å². The van der Waals surface area contributed by atoms with Gasteiger partial charge in [0, 0.05) is 36.7 Å². The molecular formula is C12H20N2O2. The first-order valence-corrected chi connectivity index (χ1v) is 5.33. The summed E-state index contributed by atoms with van der Waals surface area (Å²) in [5.74, 6) is 0. The molecular weight excluding hydrogens is 204 g/mol. The molecule has 1 aromatic rings. The van der Waals surface area contributed by atoms with E-state index in [0.29, 0.717) is 6.54 Å². The van der Waals surface area contributed by atoms with Crippen LogP contribution in [0.5, 0.6) is 0 Å². The minimum Gasteiger partial charge on any atom is -0.392 e. The highest BCUT2D eigenvalue weighted by Gasteiger charge is 2.17. The van der Waals surface area contributed by atoms with Crippen LogP contribution in [0, 0.1) is 6.92 Å². The Bertz CT molecular complexity index is 359. The number of aliphatic hydroxyl groups is 2. The van der Waals surface area contributed by atoms with Crippen LogP contribution in [0.1, 0.15) is 25.1 Å². The zero-order valence-electron chi connectivity index (χ0n) is 10.4.